The number of esters is 2. The number of carbonyl (C=O) groups excluding carboxylic acids is 3. The molecule has 0 radical (unpaired) electrons. The molecule has 5 N–H and O–H groups in total. The number of rotatable bonds is 41. The van der Waals surface area contributed by atoms with E-state index in [0.717, 1.165) is 70.6 Å². The van der Waals surface area contributed by atoms with Crippen LogP contribution in [-0.4, -0.2) is 49.7 Å². The monoisotopic (exact) mass is 748 g/mol. The Hall–Kier alpha value is -2.19. The molecule has 0 saturated heterocycles. The molecule has 0 rings (SSSR count). The average molecular weight is 748 g/mol. The summed E-state index contributed by atoms with van der Waals surface area (Å²) in [7, 11) is 0. The van der Waals surface area contributed by atoms with E-state index in [1.165, 1.54) is 109 Å². The third kappa shape index (κ3) is 37.9. The molecule has 0 saturated carbocycles. The van der Waals surface area contributed by atoms with Crippen molar-refractivity contribution in [3.05, 3.63) is 24.3 Å². The second-order valence-corrected chi connectivity index (χ2v) is 15.1. The number of nitrogens with two attached hydrogens (primary N) is 2. The number of primary amides is 1. The van der Waals surface area contributed by atoms with E-state index in [1.807, 2.05) is 0 Å². The van der Waals surface area contributed by atoms with Gasteiger partial charge in [0.15, 0.2) is 0 Å². The van der Waals surface area contributed by atoms with Gasteiger partial charge in [-0.05, 0) is 83.6 Å². The van der Waals surface area contributed by atoms with E-state index < -0.39 is 18.1 Å². The van der Waals surface area contributed by atoms with Crippen molar-refractivity contribution in [2.45, 2.75) is 225 Å². The fraction of sp³-hybridized carbons (Fsp3) is 0.844. The van der Waals surface area contributed by atoms with E-state index in [2.05, 4.69) is 43.5 Å². The number of allylic oxidation sites excluding steroid dienone is 4. The van der Waals surface area contributed by atoms with Gasteiger partial charge in [-0.2, -0.15) is 0 Å². The van der Waals surface area contributed by atoms with Gasteiger partial charge in [0, 0.05) is 19.4 Å². The van der Waals surface area contributed by atoms with Crippen LogP contribution in [-0.2, 0) is 23.9 Å². The molecular weight excluding hydrogens is 663 g/mol. The summed E-state index contributed by atoms with van der Waals surface area (Å²) < 4.78 is 11.3. The molecule has 8 nitrogen and oxygen atoms in total. The molecular formula is C45H85N3O5. The smallest absolute Gasteiger partial charge is 0.306 e. The minimum absolute atomic E-state index is 0.0384. The Labute approximate surface area is 326 Å². The van der Waals surface area contributed by atoms with Gasteiger partial charge in [0.1, 0.15) is 12.7 Å². The van der Waals surface area contributed by atoms with Crippen molar-refractivity contribution < 1.29 is 23.9 Å². The van der Waals surface area contributed by atoms with E-state index in [4.69, 9.17) is 20.9 Å². The molecule has 0 bridgehead atoms. The van der Waals surface area contributed by atoms with Crippen LogP contribution in [0.1, 0.15) is 213 Å². The lowest BCUT2D eigenvalue weighted by molar-refractivity contribution is -0.159. The fourth-order valence-electron chi connectivity index (χ4n) is 6.43. The fourth-order valence-corrected chi connectivity index (χ4v) is 6.43. The van der Waals surface area contributed by atoms with E-state index in [9.17, 15) is 14.4 Å². The van der Waals surface area contributed by atoms with Crippen molar-refractivity contribution in [1.82, 2.24) is 5.32 Å². The lowest BCUT2D eigenvalue weighted by atomic mass is 10.1. The second kappa shape index (κ2) is 41.0. The Balaban J connectivity index is 4.33. The number of hydrogen-bond donors (Lipinski definition) is 3. The zero-order valence-electron chi connectivity index (χ0n) is 34.7. The van der Waals surface area contributed by atoms with Crippen LogP contribution in [0.15, 0.2) is 24.3 Å². The summed E-state index contributed by atoms with van der Waals surface area (Å²) in [6, 6.07) is -0.556. The molecule has 8 heteroatoms. The van der Waals surface area contributed by atoms with Gasteiger partial charge >= 0.3 is 11.9 Å². The first kappa shape index (κ1) is 50.8. The van der Waals surface area contributed by atoms with Crippen LogP contribution in [0, 0.1) is 0 Å². The zero-order chi connectivity index (χ0) is 38.9. The Morgan fingerprint density at radius 3 is 1.40 bits per heavy atom. The number of hydrogen-bond acceptors (Lipinski definition) is 7. The highest BCUT2D eigenvalue weighted by atomic mass is 16.6. The zero-order valence-corrected chi connectivity index (χ0v) is 34.7. The van der Waals surface area contributed by atoms with E-state index in [1.54, 1.807) is 0 Å². The highest BCUT2D eigenvalue weighted by molar-refractivity contribution is 5.79. The molecule has 0 aliphatic rings. The maximum Gasteiger partial charge on any atom is 0.306 e. The van der Waals surface area contributed by atoms with E-state index in [-0.39, 0.29) is 25.1 Å². The molecule has 310 valence electrons. The van der Waals surface area contributed by atoms with Crippen LogP contribution in [0.2, 0.25) is 0 Å². The minimum atomic E-state index is -0.681. The van der Waals surface area contributed by atoms with E-state index >= 15 is 0 Å². The Morgan fingerprint density at radius 2 is 0.962 bits per heavy atom. The van der Waals surface area contributed by atoms with Crippen LogP contribution >= 0.6 is 0 Å². The molecule has 0 aromatic rings. The molecule has 1 unspecified atom stereocenters. The summed E-state index contributed by atoms with van der Waals surface area (Å²) in [5.41, 5.74) is 11.2. The first-order valence-corrected chi connectivity index (χ1v) is 22.3. The Bertz CT molecular complexity index is 893. The highest BCUT2D eigenvalue weighted by Crippen LogP contribution is 2.13. The predicted octanol–water partition coefficient (Wildman–Crippen LogP) is 11.1. The summed E-state index contributed by atoms with van der Waals surface area (Å²) in [6.07, 6.45) is 42.6. The van der Waals surface area contributed by atoms with Crippen molar-refractivity contribution in [2.75, 3.05) is 19.7 Å². The van der Waals surface area contributed by atoms with Crippen LogP contribution in [0.25, 0.3) is 0 Å². The van der Waals surface area contributed by atoms with Gasteiger partial charge in [-0.1, -0.05) is 147 Å². The lowest BCUT2D eigenvalue weighted by Gasteiger charge is -2.22. The summed E-state index contributed by atoms with van der Waals surface area (Å²) in [5.74, 6) is -1.04. The molecule has 0 spiro atoms. The van der Waals surface area contributed by atoms with Gasteiger partial charge < -0.3 is 26.3 Å². The summed E-state index contributed by atoms with van der Waals surface area (Å²) in [5, 5.41) is 3.13. The van der Waals surface area contributed by atoms with Gasteiger partial charge in [0.05, 0.1) is 6.04 Å². The van der Waals surface area contributed by atoms with Crippen molar-refractivity contribution in [3.8, 4) is 0 Å². The SMILES string of the molecule is CCCCCCCC/C=C\CCCCCCCC(=O)OCC(CN[C@@H](CCCCN)C(N)=O)OC(=O)CCCCCCC/C=C\CCCCCCCC. The van der Waals surface area contributed by atoms with Crippen LogP contribution in [0.3, 0.4) is 0 Å². The van der Waals surface area contributed by atoms with Crippen molar-refractivity contribution in [1.29, 1.82) is 0 Å². The molecule has 0 aliphatic carbocycles. The van der Waals surface area contributed by atoms with Crippen molar-refractivity contribution in [3.63, 3.8) is 0 Å². The quantitative estimate of drug-likeness (QED) is 0.0322. The van der Waals surface area contributed by atoms with Crippen LogP contribution < -0.4 is 16.8 Å². The molecule has 0 aromatic carbocycles. The molecule has 0 aromatic heterocycles. The molecule has 1 amide bonds. The molecule has 53 heavy (non-hydrogen) atoms. The minimum Gasteiger partial charge on any atom is -0.462 e. The number of nitrogens with one attached hydrogen (secondary N) is 1. The highest BCUT2D eigenvalue weighted by Gasteiger charge is 2.21. The lowest BCUT2D eigenvalue weighted by Crippen LogP contribution is -2.46. The van der Waals surface area contributed by atoms with Crippen LogP contribution in [0.4, 0.5) is 0 Å². The first-order chi connectivity index (χ1) is 25.9. The van der Waals surface area contributed by atoms with Crippen molar-refractivity contribution >= 4 is 17.8 Å². The predicted molar refractivity (Wildman–Crippen MR) is 224 cm³/mol. The van der Waals surface area contributed by atoms with Gasteiger partial charge in [0.2, 0.25) is 5.91 Å². The number of amides is 1. The Kier molecular flexibility index (Phi) is 39.3. The van der Waals surface area contributed by atoms with Gasteiger partial charge in [-0.25, -0.2) is 0 Å². The van der Waals surface area contributed by atoms with Gasteiger partial charge in [-0.3, -0.25) is 14.4 Å². The maximum absolute atomic E-state index is 12.7. The van der Waals surface area contributed by atoms with Gasteiger partial charge in [-0.15, -0.1) is 0 Å². The molecule has 0 aliphatic heterocycles. The number of unbranched alkanes of at least 4 members (excludes halogenated alkanes) is 23. The molecule has 0 fully saturated rings. The summed E-state index contributed by atoms with van der Waals surface area (Å²) in [6.45, 7) is 5.21. The van der Waals surface area contributed by atoms with Crippen LogP contribution in [0.5, 0.6) is 0 Å². The third-order valence-electron chi connectivity index (χ3n) is 9.90. The van der Waals surface area contributed by atoms with Crippen molar-refractivity contribution in [2.24, 2.45) is 11.5 Å². The van der Waals surface area contributed by atoms with Gasteiger partial charge in [0.25, 0.3) is 0 Å². The number of carbonyl (C=O) groups is 3. The average Bonchev–Trinajstić information content (AvgIpc) is 3.14. The summed E-state index contributed by atoms with van der Waals surface area (Å²) in [4.78, 5) is 37.3. The first-order valence-electron chi connectivity index (χ1n) is 22.3. The molecule has 0 heterocycles. The number of ether oxygens (including phenoxy) is 2. The Morgan fingerprint density at radius 1 is 0.547 bits per heavy atom. The topological polar surface area (TPSA) is 134 Å². The molecule has 2 atom stereocenters. The normalized spacial score (nSPS) is 12.8. The second-order valence-electron chi connectivity index (χ2n) is 15.1. The van der Waals surface area contributed by atoms with E-state index in [0.29, 0.717) is 25.8 Å². The standard InChI is InChI=1S/C45H85N3O5/c1-3-5-7-9-11-13-15-17-19-21-23-25-27-29-31-36-43(49)52-40-41(39-48-42(45(47)51)35-33-34-38-46)53-44(50)37-32-30-28-26-24-22-20-18-16-14-12-10-8-6-4-2/h17-20,41-42,48H,3-16,21-40,46H2,1-2H3,(H2,47,51)/b19-17-,20-18-/t41?,42-/m0/s1. The summed E-state index contributed by atoms with van der Waals surface area (Å²) >= 11 is 0. The maximum atomic E-state index is 12.7. The largest absolute Gasteiger partial charge is 0.462 e. The third-order valence-corrected chi connectivity index (χ3v) is 9.90.